The second-order valence-electron chi connectivity index (χ2n) is 7.45. The second-order valence-corrected chi connectivity index (χ2v) is 7.45. The van der Waals surface area contributed by atoms with E-state index in [1.54, 1.807) is 0 Å². The maximum absolute atomic E-state index is 13.3. The fraction of sp³-hybridized carbons (Fsp3) is 0.333. The standard InChI is InChI=1S/C21H18F7N3O2/c1-30(11-12-2-7-15(20(23,24)25)16(10-12)21(26,27)28)19(33)31-9-8-29-18(32)17(31)13-3-5-14(22)6-4-13/h2-7,10,17H,8-9,11H2,1H3,(H,29,32). The zero-order chi connectivity index (χ0) is 24.6. The summed E-state index contributed by atoms with van der Waals surface area (Å²) in [6.45, 7) is -0.249. The van der Waals surface area contributed by atoms with Crippen LogP contribution < -0.4 is 5.32 Å². The number of amides is 3. The van der Waals surface area contributed by atoms with E-state index in [4.69, 9.17) is 0 Å². The van der Waals surface area contributed by atoms with Crippen molar-refractivity contribution in [2.24, 2.45) is 0 Å². The Bertz CT molecular complexity index is 1040. The van der Waals surface area contributed by atoms with Gasteiger partial charge in [-0.25, -0.2) is 9.18 Å². The van der Waals surface area contributed by atoms with E-state index in [-0.39, 0.29) is 18.7 Å². The number of nitrogens with zero attached hydrogens (tertiary/aromatic N) is 2. The molecule has 1 unspecified atom stereocenters. The molecule has 3 amide bonds. The molecule has 178 valence electrons. The first-order valence-corrected chi connectivity index (χ1v) is 9.61. The number of carbonyl (C=O) groups is 2. The van der Waals surface area contributed by atoms with Crippen molar-refractivity contribution in [1.82, 2.24) is 15.1 Å². The van der Waals surface area contributed by atoms with Crippen LogP contribution in [0.2, 0.25) is 0 Å². The lowest BCUT2D eigenvalue weighted by Crippen LogP contribution is -2.54. The Morgan fingerprint density at radius 3 is 2.21 bits per heavy atom. The van der Waals surface area contributed by atoms with Crippen molar-refractivity contribution in [3.05, 3.63) is 70.5 Å². The first-order chi connectivity index (χ1) is 15.3. The van der Waals surface area contributed by atoms with Crippen molar-refractivity contribution in [2.75, 3.05) is 20.1 Å². The van der Waals surface area contributed by atoms with Crippen LogP contribution in [0.15, 0.2) is 42.5 Å². The number of benzene rings is 2. The van der Waals surface area contributed by atoms with Gasteiger partial charge in [-0.3, -0.25) is 4.79 Å². The summed E-state index contributed by atoms with van der Waals surface area (Å²) >= 11 is 0. The minimum Gasteiger partial charge on any atom is -0.352 e. The number of urea groups is 1. The molecule has 1 saturated heterocycles. The molecule has 0 spiro atoms. The highest BCUT2D eigenvalue weighted by Crippen LogP contribution is 2.40. The van der Waals surface area contributed by atoms with E-state index in [0.717, 1.165) is 23.1 Å². The van der Waals surface area contributed by atoms with E-state index < -0.39 is 53.8 Å². The Labute approximate surface area is 183 Å². The number of hydrogen-bond acceptors (Lipinski definition) is 2. The number of piperazine rings is 1. The number of alkyl halides is 6. The summed E-state index contributed by atoms with van der Waals surface area (Å²) in [5.41, 5.74) is -3.53. The van der Waals surface area contributed by atoms with Crippen molar-refractivity contribution in [1.29, 1.82) is 0 Å². The van der Waals surface area contributed by atoms with Crippen LogP contribution in [-0.2, 0) is 23.7 Å². The average Bonchev–Trinajstić information content (AvgIpc) is 2.72. The van der Waals surface area contributed by atoms with Crippen molar-refractivity contribution in [3.8, 4) is 0 Å². The maximum Gasteiger partial charge on any atom is 0.417 e. The zero-order valence-corrected chi connectivity index (χ0v) is 17.1. The van der Waals surface area contributed by atoms with E-state index in [9.17, 15) is 40.3 Å². The van der Waals surface area contributed by atoms with Crippen LogP contribution in [-0.4, -0.2) is 41.9 Å². The van der Waals surface area contributed by atoms with E-state index in [1.165, 1.54) is 24.1 Å². The predicted octanol–water partition coefficient (Wildman–Crippen LogP) is 4.59. The van der Waals surface area contributed by atoms with Crippen molar-refractivity contribution >= 4 is 11.9 Å². The van der Waals surface area contributed by atoms with Gasteiger partial charge >= 0.3 is 18.4 Å². The van der Waals surface area contributed by atoms with Crippen LogP contribution in [0.1, 0.15) is 28.3 Å². The van der Waals surface area contributed by atoms with Gasteiger partial charge in [-0.2, -0.15) is 26.3 Å². The fourth-order valence-corrected chi connectivity index (χ4v) is 3.58. The summed E-state index contributed by atoms with van der Waals surface area (Å²) in [6.07, 6.45) is -10.4. The first kappa shape index (κ1) is 24.3. The van der Waals surface area contributed by atoms with Crippen LogP contribution >= 0.6 is 0 Å². The maximum atomic E-state index is 13.3. The summed E-state index contributed by atoms with van der Waals surface area (Å²) in [5.74, 6) is -1.07. The highest BCUT2D eigenvalue weighted by atomic mass is 19.4. The normalized spacial score (nSPS) is 17.0. The molecule has 0 saturated carbocycles. The van der Waals surface area contributed by atoms with Gasteiger partial charge in [0.1, 0.15) is 11.9 Å². The summed E-state index contributed by atoms with van der Waals surface area (Å²) < 4.78 is 91.8. The number of carbonyl (C=O) groups excluding carboxylic acids is 2. The van der Waals surface area contributed by atoms with Gasteiger partial charge in [0.15, 0.2) is 0 Å². The molecule has 0 radical (unpaired) electrons. The largest absolute Gasteiger partial charge is 0.417 e. The van der Waals surface area contributed by atoms with Gasteiger partial charge in [-0.15, -0.1) is 0 Å². The Kier molecular flexibility index (Phi) is 6.57. The molecule has 1 atom stereocenters. The SMILES string of the molecule is CN(Cc1ccc(C(F)(F)F)c(C(F)(F)F)c1)C(=O)N1CCNC(=O)C1c1ccc(F)cc1. The molecule has 0 aliphatic carbocycles. The molecule has 0 bridgehead atoms. The summed E-state index contributed by atoms with van der Waals surface area (Å²) in [7, 11) is 1.25. The van der Waals surface area contributed by atoms with Gasteiger partial charge in [-0.05, 0) is 35.4 Å². The highest BCUT2D eigenvalue weighted by molar-refractivity contribution is 5.89. The van der Waals surface area contributed by atoms with Crippen molar-refractivity contribution < 1.29 is 40.3 Å². The third-order valence-electron chi connectivity index (χ3n) is 5.08. The van der Waals surface area contributed by atoms with E-state index in [0.29, 0.717) is 17.7 Å². The van der Waals surface area contributed by atoms with Crippen LogP contribution in [0.5, 0.6) is 0 Å². The third-order valence-corrected chi connectivity index (χ3v) is 5.08. The van der Waals surface area contributed by atoms with Crippen LogP contribution in [0.3, 0.4) is 0 Å². The molecule has 0 aromatic heterocycles. The Morgan fingerprint density at radius 1 is 1.03 bits per heavy atom. The van der Waals surface area contributed by atoms with Crippen molar-refractivity contribution in [2.45, 2.75) is 24.9 Å². The van der Waals surface area contributed by atoms with Gasteiger partial charge in [0.05, 0.1) is 11.1 Å². The number of halogens is 7. The molecular weight excluding hydrogens is 459 g/mol. The molecule has 1 aliphatic heterocycles. The monoisotopic (exact) mass is 477 g/mol. The Hall–Kier alpha value is -3.31. The molecule has 5 nitrogen and oxygen atoms in total. The minimum absolute atomic E-state index is 0.0672. The minimum atomic E-state index is -5.25. The second kappa shape index (κ2) is 8.91. The molecule has 3 rings (SSSR count). The molecule has 1 aliphatic rings. The lowest BCUT2D eigenvalue weighted by atomic mass is 10.0. The molecule has 12 heteroatoms. The van der Waals surface area contributed by atoms with E-state index >= 15 is 0 Å². The van der Waals surface area contributed by atoms with Crippen LogP contribution in [0.4, 0.5) is 35.5 Å². The summed E-state index contributed by atoms with van der Waals surface area (Å²) in [4.78, 5) is 27.6. The van der Waals surface area contributed by atoms with E-state index in [2.05, 4.69) is 5.32 Å². The Balaban J connectivity index is 1.86. The molecule has 1 fully saturated rings. The van der Waals surface area contributed by atoms with Crippen molar-refractivity contribution in [3.63, 3.8) is 0 Å². The van der Waals surface area contributed by atoms with Gasteiger partial charge in [0.25, 0.3) is 0 Å². The molecular formula is C21H18F7N3O2. The lowest BCUT2D eigenvalue weighted by molar-refractivity contribution is -0.162. The van der Waals surface area contributed by atoms with Crippen LogP contribution in [0, 0.1) is 5.82 Å². The van der Waals surface area contributed by atoms with Gasteiger partial charge < -0.3 is 15.1 Å². The number of nitrogens with one attached hydrogen (secondary N) is 1. The van der Waals surface area contributed by atoms with E-state index in [1.807, 2.05) is 0 Å². The third kappa shape index (κ3) is 5.37. The van der Waals surface area contributed by atoms with Gasteiger partial charge in [0, 0.05) is 26.7 Å². The smallest absolute Gasteiger partial charge is 0.352 e. The average molecular weight is 477 g/mol. The first-order valence-electron chi connectivity index (χ1n) is 9.61. The lowest BCUT2D eigenvalue weighted by Gasteiger charge is -2.37. The highest BCUT2D eigenvalue weighted by Gasteiger charge is 2.43. The van der Waals surface area contributed by atoms with Crippen LogP contribution in [0.25, 0.3) is 0 Å². The molecule has 33 heavy (non-hydrogen) atoms. The topological polar surface area (TPSA) is 52.7 Å². The van der Waals surface area contributed by atoms with Gasteiger partial charge in [0.2, 0.25) is 5.91 Å². The number of hydrogen-bond donors (Lipinski definition) is 1. The molecule has 1 N–H and O–H groups in total. The summed E-state index contributed by atoms with van der Waals surface area (Å²) in [6, 6.07) is 4.60. The molecule has 2 aromatic rings. The fourth-order valence-electron chi connectivity index (χ4n) is 3.58. The molecule has 2 aromatic carbocycles. The zero-order valence-electron chi connectivity index (χ0n) is 17.1. The summed E-state index contributed by atoms with van der Waals surface area (Å²) in [5, 5.41) is 2.59. The molecule has 1 heterocycles. The van der Waals surface area contributed by atoms with Gasteiger partial charge in [-0.1, -0.05) is 18.2 Å². The predicted molar refractivity (Wildman–Crippen MR) is 102 cm³/mol. The number of rotatable bonds is 3. The Morgan fingerprint density at radius 2 is 1.64 bits per heavy atom. The quantitative estimate of drug-likeness (QED) is 0.658.